The van der Waals surface area contributed by atoms with Gasteiger partial charge in [-0.25, -0.2) is 4.79 Å². The van der Waals surface area contributed by atoms with Gasteiger partial charge in [0.15, 0.2) is 0 Å². The summed E-state index contributed by atoms with van der Waals surface area (Å²) < 4.78 is 0. The third-order valence-electron chi connectivity index (χ3n) is 4.43. The molecule has 0 spiro atoms. The highest BCUT2D eigenvalue weighted by molar-refractivity contribution is 7.08. The van der Waals surface area contributed by atoms with E-state index in [1.165, 1.54) is 5.56 Å². The van der Waals surface area contributed by atoms with Crippen molar-refractivity contribution in [2.45, 2.75) is 19.4 Å². The largest absolute Gasteiger partial charge is 0.338 e. The molecular weight excluding hydrogens is 308 g/mol. The van der Waals surface area contributed by atoms with Crippen LogP contribution < -0.4 is 10.6 Å². The number of carbonyl (C=O) groups excluding carboxylic acids is 1. The number of pyridine rings is 1. The molecule has 0 aliphatic carbocycles. The van der Waals surface area contributed by atoms with E-state index in [-0.39, 0.29) is 6.03 Å². The molecule has 2 atom stereocenters. The predicted molar refractivity (Wildman–Crippen MR) is 93.8 cm³/mol. The summed E-state index contributed by atoms with van der Waals surface area (Å²) in [5.41, 5.74) is 3.20. The lowest BCUT2D eigenvalue weighted by Gasteiger charge is -2.25. The van der Waals surface area contributed by atoms with Crippen molar-refractivity contribution in [2.75, 3.05) is 25.5 Å². The highest BCUT2D eigenvalue weighted by Crippen LogP contribution is 2.35. The summed E-state index contributed by atoms with van der Waals surface area (Å²) in [5.74, 6) is 0.401. The molecule has 0 aromatic carbocycles. The molecule has 1 aliphatic rings. The number of anilines is 1. The molecule has 2 amide bonds. The van der Waals surface area contributed by atoms with Gasteiger partial charge in [-0.2, -0.15) is 0 Å². The summed E-state index contributed by atoms with van der Waals surface area (Å²) in [7, 11) is 2.13. The number of aryl methyl sites for hydroxylation is 1. The molecule has 6 heteroatoms. The molecule has 0 saturated carbocycles. The Kier molecular flexibility index (Phi) is 4.93. The summed E-state index contributed by atoms with van der Waals surface area (Å²) in [4.78, 5) is 18.7. The number of amides is 2. The number of nitrogens with one attached hydrogen (secondary N) is 2. The lowest BCUT2D eigenvalue weighted by Crippen LogP contribution is -2.35. The maximum atomic E-state index is 12.1. The predicted octanol–water partition coefficient (Wildman–Crippen LogP) is 3.27. The third kappa shape index (κ3) is 3.71. The molecule has 122 valence electrons. The van der Waals surface area contributed by atoms with Crippen molar-refractivity contribution in [1.82, 2.24) is 15.2 Å². The molecule has 0 bridgehead atoms. The number of hydrogen-bond acceptors (Lipinski definition) is 4. The minimum absolute atomic E-state index is 0.133. The Morgan fingerprint density at radius 3 is 3.04 bits per heavy atom. The number of hydrogen-bond donors (Lipinski definition) is 2. The van der Waals surface area contributed by atoms with E-state index >= 15 is 0 Å². The number of thiophene rings is 1. The fourth-order valence-corrected chi connectivity index (χ4v) is 3.98. The van der Waals surface area contributed by atoms with Crippen molar-refractivity contribution in [2.24, 2.45) is 5.92 Å². The smallest absolute Gasteiger partial charge is 0.319 e. The van der Waals surface area contributed by atoms with Gasteiger partial charge in [0.25, 0.3) is 0 Å². The zero-order valence-corrected chi connectivity index (χ0v) is 14.3. The number of carbonyl (C=O) groups is 1. The van der Waals surface area contributed by atoms with Crippen LogP contribution in [0.25, 0.3) is 0 Å². The second-order valence-corrected chi connectivity index (χ2v) is 6.81. The van der Waals surface area contributed by atoms with Crippen LogP contribution in [0.5, 0.6) is 0 Å². The van der Waals surface area contributed by atoms with Crippen LogP contribution >= 0.6 is 11.3 Å². The molecule has 3 rings (SSSR count). The van der Waals surface area contributed by atoms with Gasteiger partial charge in [0, 0.05) is 30.4 Å². The number of likely N-dealkylation sites (tertiary alicyclic amines) is 1. The average Bonchev–Trinajstić information content (AvgIpc) is 3.12. The average molecular weight is 330 g/mol. The lowest BCUT2D eigenvalue weighted by atomic mass is 9.95. The molecule has 23 heavy (non-hydrogen) atoms. The zero-order valence-electron chi connectivity index (χ0n) is 13.5. The SMILES string of the molecule is Cc1cscc1NC(=O)NC[C@@H]1CCN(C)[C@H]1c1cccnc1. The standard InChI is InChI=1S/C17H22N4OS/c1-12-10-23-11-15(12)20-17(22)19-9-14-5-7-21(2)16(14)13-4-3-6-18-8-13/h3-4,6,8,10-11,14,16H,5,7,9H2,1-2H3,(H2,19,20,22)/t14-,16-/m0/s1. The summed E-state index contributed by atoms with van der Waals surface area (Å²) in [6.45, 7) is 3.70. The first kappa shape index (κ1) is 16.0. The molecular formula is C17H22N4OS. The van der Waals surface area contributed by atoms with Gasteiger partial charge in [-0.05, 0) is 55.4 Å². The summed E-state index contributed by atoms with van der Waals surface area (Å²) >= 11 is 1.59. The van der Waals surface area contributed by atoms with Gasteiger partial charge in [-0.15, -0.1) is 11.3 Å². The minimum Gasteiger partial charge on any atom is -0.338 e. The second-order valence-electron chi connectivity index (χ2n) is 6.06. The van der Waals surface area contributed by atoms with Gasteiger partial charge in [0.1, 0.15) is 0 Å². The molecule has 1 saturated heterocycles. The first-order chi connectivity index (χ1) is 11.1. The summed E-state index contributed by atoms with van der Waals surface area (Å²) in [6.07, 6.45) is 4.80. The van der Waals surface area contributed by atoms with Gasteiger partial charge in [-0.3, -0.25) is 9.88 Å². The maximum Gasteiger partial charge on any atom is 0.319 e. The van der Waals surface area contributed by atoms with E-state index in [2.05, 4.69) is 33.6 Å². The van der Waals surface area contributed by atoms with Gasteiger partial charge in [0.05, 0.1) is 5.69 Å². The first-order valence-electron chi connectivity index (χ1n) is 7.83. The number of nitrogens with zero attached hydrogens (tertiary/aromatic N) is 2. The highest BCUT2D eigenvalue weighted by Gasteiger charge is 2.33. The number of urea groups is 1. The zero-order chi connectivity index (χ0) is 16.2. The topological polar surface area (TPSA) is 57.3 Å². The Morgan fingerprint density at radius 1 is 1.48 bits per heavy atom. The Labute approximate surface area is 140 Å². The van der Waals surface area contributed by atoms with Gasteiger partial charge >= 0.3 is 6.03 Å². The van der Waals surface area contributed by atoms with Crippen molar-refractivity contribution in [3.8, 4) is 0 Å². The molecule has 3 heterocycles. The molecule has 0 radical (unpaired) electrons. The summed E-state index contributed by atoms with van der Waals surface area (Å²) in [6, 6.07) is 4.26. The lowest BCUT2D eigenvalue weighted by molar-refractivity contribution is 0.243. The summed E-state index contributed by atoms with van der Waals surface area (Å²) in [5, 5.41) is 9.92. The quantitative estimate of drug-likeness (QED) is 0.904. The van der Waals surface area contributed by atoms with E-state index in [1.54, 1.807) is 17.5 Å². The van der Waals surface area contributed by atoms with E-state index in [9.17, 15) is 4.79 Å². The number of rotatable bonds is 4. The molecule has 5 nitrogen and oxygen atoms in total. The number of aromatic nitrogens is 1. The van der Waals surface area contributed by atoms with Crippen molar-refractivity contribution in [3.05, 3.63) is 46.4 Å². The molecule has 0 unspecified atom stereocenters. The van der Waals surface area contributed by atoms with Crippen LogP contribution in [0.2, 0.25) is 0 Å². The Balaban J connectivity index is 1.59. The van der Waals surface area contributed by atoms with Crippen molar-refractivity contribution < 1.29 is 4.79 Å². The molecule has 2 aromatic heterocycles. The van der Waals surface area contributed by atoms with Crippen molar-refractivity contribution in [3.63, 3.8) is 0 Å². The monoisotopic (exact) mass is 330 g/mol. The van der Waals surface area contributed by atoms with Crippen LogP contribution in [0.1, 0.15) is 23.6 Å². The molecule has 2 aromatic rings. The van der Waals surface area contributed by atoms with Crippen LogP contribution in [0, 0.1) is 12.8 Å². The van der Waals surface area contributed by atoms with E-state index < -0.39 is 0 Å². The van der Waals surface area contributed by atoms with E-state index in [1.807, 2.05) is 29.9 Å². The van der Waals surface area contributed by atoms with Gasteiger partial charge < -0.3 is 10.6 Å². The minimum atomic E-state index is -0.133. The second kappa shape index (κ2) is 7.10. The highest BCUT2D eigenvalue weighted by atomic mass is 32.1. The van der Waals surface area contributed by atoms with Gasteiger partial charge in [0.2, 0.25) is 0 Å². The van der Waals surface area contributed by atoms with Gasteiger partial charge in [-0.1, -0.05) is 6.07 Å². The van der Waals surface area contributed by atoms with Crippen LogP contribution in [0.15, 0.2) is 35.3 Å². The fourth-order valence-electron chi connectivity index (χ4n) is 3.20. The Bertz CT molecular complexity index is 658. The van der Waals surface area contributed by atoms with E-state index in [0.29, 0.717) is 18.5 Å². The van der Waals surface area contributed by atoms with Crippen molar-refractivity contribution >= 4 is 23.1 Å². The Hall–Kier alpha value is -1.92. The Morgan fingerprint density at radius 2 is 2.35 bits per heavy atom. The fraction of sp³-hybridized carbons (Fsp3) is 0.412. The molecule has 1 fully saturated rings. The van der Waals surface area contributed by atoms with E-state index in [0.717, 1.165) is 24.2 Å². The molecule has 1 aliphatic heterocycles. The normalized spacial score (nSPS) is 21.3. The third-order valence-corrected chi connectivity index (χ3v) is 5.29. The first-order valence-corrected chi connectivity index (χ1v) is 8.77. The van der Waals surface area contributed by atoms with E-state index in [4.69, 9.17) is 0 Å². The van der Waals surface area contributed by atoms with Crippen molar-refractivity contribution in [1.29, 1.82) is 0 Å². The van der Waals surface area contributed by atoms with Crippen LogP contribution in [-0.4, -0.2) is 36.1 Å². The van der Waals surface area contributed by atoms with Crippen LogP contribution in [0.4, 0.5) is 10.5 Å². The van der Waals surface area contributed by atoms with Crippen LogP contribution in [-0.2, 0) is 0 Å². The van der Waals surface area contributed by atoms with Crippen LogP contribution in [0.3, 0.4) is 0 Å². The molecule has 2 N–H and O–H groups in total. The maximum absolute atomic E-state index is 12.1.